The molecule has 1 fully saturated rings. The van der Waals surface area contributed by atoms with Gasteiger partial charge in [-0.2, -0.15) is 0 Å². The third-order valence-electron chi connectivity index (χ3n) is 5.80. The molecule has 0 aliphatic carbocycles. The number of nitrogens with one attached hydrogen (secondary N) is 1. The molecule has 0 saturated carbocycles. The van der Waals surface area contributed by atoms with E-state index in [1.165, 1.54) is 0 Å². The van der Waals surface area contributed by atoms with E-state index in [0.29, 0.717) is 30.9 Å². The first kappa shape index (κ1) is 21.2. The van der Waals surface area contributed by atoms with Crippen molar-refractivity contribution in [3.63, 3.8) is 0 Å². The first-order valence-electron chi connectivity index (χ1n) is 10.6. The average Bonchev–Trinajstić information content (AvgIpc) is 2.77. The van der Waals surface area contributed by atoms with Crippen LogP contribution >= 0.6 is 0 Å². The molecule has 4 rings (SSSR count). The van der Waals surface area contributed by atoms with Gasteiger partial charge in [0, 0.05) is 25.2 Å². The summed E-state index contributed by atoms with van der Waals surface area (Å²) < 4.78 is 5.43. The van der Waals surface area contributed by atoms with Gasteiger partial charge in [-0.3, -0.25) is 24.2 Å². The standard InChI is InChI=1S/C24H27N3O4/c1-17-6-8-18(9-7-17)21(15-26-10-12-31-13-11-26)25-22(28)16-27-23(29)14-19-4-2-3-5-20(19)24(27)30/h2-9,21H,10-16H2,1H3,(H,25,28)/t21-/m1/s1. The predicted molar refractivity (Wildman–Crippen MR) is 116 cm³/mol. The van der Waals surface area contributed by atoms with E-state index in [0.717, 1.165) is 29.1 Å². The smallest absolute Gasteiger partial charge is 0.261 e. The van der Waals surface area contributed by atoms with Crippen LogP contribution in [0.5, 0.6) is 0 Å². The summed E-state index contributed by atoms with van der Waals surface area (Å²) in [5.41, 5.74) is 3.33. The summed E-state index contributed by atoms with van der Waals surface area (Å²) in [6.45, 7) is 5.33. The number of fused-ring (bicyclic) bond motifs is 1. The highest BCUT2D eigenvalue weighted by Crippen LogP contribution is 2.20. The predicted octanol–water partition coefficient (Wildman–Crippen LogP) is 1.71. The van der Waals surface area contributed by atoms with Gasteiger partial charge in [-0.25, -0.2) is 0 Å². The largest absolute Gasteiger partial charge is 0.379 e. The molecular formula is C24H27N3O4. The van der Waals surface area contributed by atoms with Crippen LogP contribution in [-0.2, 0) is 20.7 Å². The number of ether oxygens (including phenoxy) is 1. The fourth-order valence-corrected chi connectivity index (χ4v) is 4.02. The third kappa shape index (κ3) is 5.00. The molecule has 7 heteroatoms. The van der Waals surface area contributed by atoms with Gasteiger partial charge in [0.1, 0.15) is 6.54 Å². The van der Waals surface area contributed by atoms with Crippen molar-refractivity contribution in [1.29, 1.82) is 0 Å². The topological polar surface area (TPSA) is 79.0 Å². The summed E-state index contributed by atoms with van der Waals surface area (Å²) in [4.78, 5) is 41.5. The van der Waals surface area contributed by atoms with E-state index >= 15 is 0 Å². The summed E-state index contributed by atoms with van der Waals surface area (Å²) in [7, 11) is 0. The summed E-state index contributed by atoms with van der Waals surface area (Å²) in [6, 6.07) is 14.8. The summed E-state index contributed by atoms with van der Waals surface area (Å²) in [5, 5.41) is 3.04. The van der Waals surface area contributed by atoms with Gasteiger partial charge in [-0.15, -0.1) is 0 Å². The van der Waals surface area contributed by atoms with E-state index in [9.17, 15) is 14.4 Å². The number of imide groups is 1. The van der Waals surface area contributed by atoms with Crippen LogP contribution in [0.4, 0.5) is 0 Å². The SMILES string of the molecule is Cc1ccc([C@@H](CN2CCOCC2)NC(=O)CN2C(=O)Cc3ccccc3C2=O)cc1. The molecule has 2 aromatic rings. The number of nitrogens with zero attached hydrogens (tertiary/aromatic N) is 2. The van der Waals surface area contributed by atoms with E-state index < -0.39 is 5.91 Å². The Balaban J connectivity index is 1.47. The number of morpholine rings is 1. The molecule has 7 nitrogen and oxygen atoms in total. The number of hydrogen-bond donors (Lipinski definition) is 1. The zero-order chi connectivity index (χ0) is 21.8. The van der Waals surface area contributed by atoms with E-state index in [-0.39, 0.29) is 30.8 Å². The maximum Gasteiger partial charge on any atom is 0.261 e. The molecule has 31 heavy (non-hydrogen) atoms. The van der Waals surface area contributed by atoms with Crippen molar-refractivity contribution in [2.24, 2.45) is 0 Å². The van der Waals surface area contributed by atoms with E-state index in [2.05, 4.69) is 10.2 Å². The van der Waals surface area contributed by atoms with Crippen molar-refractivity contribution in [2.75, 3.05) is 39.4 Å². The molecule has 1 N–H and O–H groups in total. The Hall–Kier alpha value is -3.03. The Morgan fingerprint density at radius 1 is 1.06 bits per heavy atom. The molecule has 0 bridgehead atoms. The van der Waals surface area contributed by atoms with Crippen LogP contribution in [0, 0.1) is 6.92 Å². The highest BCUT2D eigenvalue weighted by molar-refractivity contribution is 6.11. The third-order valence-corrected chi connectivity index (χ3v) is 5.80. The average molecular weight is 421 g/mol. The molecule has 3 amide bonds. The number of benzene rings is 2. The fraction of sp³-hybridized carbons (Fsp3) is 0.375. The number of carbonyl (C=O) groups excluding carboxylic acids is 3. The first-order valence-corrected chi connectivity index (χ1v) is 10.6. The van der Waals surface area contributed by atoms with Crippen molar-refractivity contribution >= 4 is 17.7 Å². The van der Waals surface area contributed by atoms with Gasteiger partial charge >= 0.3 is 0 Å². The Bertz CT molecular complexity index is 967. The van der Waals surface area contributed by atoms with Crippen molar-refractivity contribution < 1.29 is 19.1 Å². The first-order chi connectivity index (χ1) is 15.0. The van der Waals surface area contributed by atoms with E-state index in [1.54, 1.807) is 24.3 Å². The lowest BCUT2D eigenvalue weighted by molar-refractivity contribution is -0.133. The Morgan fingerprint density at radius 2 is 1.77 bits per heavy atom. The molecule has 2 aliphatic rings. The Morgan fingerprint density at radius 3 is 2.52 bits per heavy atom. The molecule has 0 spiro atoms. The molecule has 0 radical (unpaired) electrons. The normalized spacial score (nSPS) is 17.9. The minimum absolute atomic E-state index is 0.129. The number of hydrogen-bond acceptors (Lipinski definition) is 5. The zero-order valence-electron chi connectivity index (χ0n) is 17.7. The van der Waals surface area contributed by atoms with Gasteiger partial charge in [0.25, 0.3) is 5.91 Å². The molecular weight excluding hydrogens is 394 g/mol. The Labute approximate surface area is 182 Å². The van der Waals surface area contributed by atoms with Crippen molar-refractivity contribution in [3.8, 4) is 0 Å². The molecule has 2 aliphatic heterocycles. The number of amides is 3. The molecule has 162 valence electrons. The number of rotatable bonds is 6. The van der Waals surface area contributed by atoms with Gasteiger partial charge in [0.05, 0.1) is 25.7 Å². The second kappa shape index (κ2) is 9.41. The molecule has 0 unspecified atom stereocenters. The minimum atomic E-state index is -0.415. The molecule has 1 atom stereocenters. The van der Waals surface area contributed by atoms with Crippen LogP contribution < -0.4 is 5.32 Å². The van der Waals surface area contributed by atoms with Crippen molar-refractivity contribution in [2.45, 2.75) is 19.4 Å². The van der Waals surface area contributed by atoms with Crippen LogP contribution in [-0.4, -0.2) is 66.9 Å². The fourth-order valence-electron chi connectivity index (χ4n) is 4.02. The lowest BCUT2D eigenvalue weighted by atomic mass is 9.98. The maximum absolute atomic E-state index is 12.9. The van der Waals surface area contributed by atoms with Crippen LogP contribution in [0.3, 0.4) is 0 Å². The van der Waals surface area contributed by atoms with Gasteiger partial charge in [-0.1, -0.05) is 48.0 Å². The summed E-state index contributed by atoms with van der Waals surface area (Å²) >= 11 is 0. The van der Waals surface area contributed by atoms with Crippen molar-refractivity contribution in [3.05, 3.63) is 70.8 Å². The van der Waals surface area contributed by atoms with Gasteiger partial charge < -0.3 is 10.1 Å². The molecule has 1 saturated heterocycles. The van der Waals surface area contributed by atoms with E-state index in [1.807, 2.05) is 31.2 Å². The molecule has 0 aromatic heterocycles. The number of carbonyl (C=O) groups is 3. The van der Waals surface area contributed by atoms with Crippen LogP contribution in [0.1, 0.15) is 33.1 Å². The van der Waals surface area contributed by atoms with Gasteiger partial charge in [0.2, 0.25) is 11.8 Å². The van der Waals surface area contributed by atoms with Gasteiger partial charge in [0.15, 0.2) is 0 Å². The summed E-state index contributed by atoms with van der Waals surface area (Å²) in [6.07, 6.45) is 0.129. The molecule has 2 aromatic carbocycles. The van der Waals surface area contributed by atoms with Crippen LogP contribution in [0.2, 0.25) is 0 Å². The lowest BCUT2D eigenvalue weighted by Crippen LogP contribution is -2.49. The monoisotopic (exact) mass is 421 g/mol. The minimum Gasteiger partial charge on any atom is -0.379 e. The highest BCUT2D eigenvalue weighted by Gasteiger charge is 2.32. The number of aryl methyl sites for hydroxylation is 1. The lowest BCUT2D eigenvalue weighted by Gasteiger charge is -2.32. The maximum atomic E-state index is 12.9. The molecule has 2 heterocycles. The summed E-state index contributed by atoms with van der Waals surface area (Å²) in [5.74, 6) is -1.11. The zero-order valence-corrected chi connectivity index (χ0v) is 17.7. The van der Waals surface area contributed by atoms with Crippen LogP contribution in [0.15, 0.2) is 48.5 Å². The van der Waals surface area contributed by atoms with Gasteiger partial charge in [-0.05, 0) is 24.1 Å². The Kier molecular flexibility index (Phi) is 6.44. The van der Waals surface area contributed by atoms with Crippen molar-refractivity contribution in [1.82, 2.24) is 15.1 Å². The highest BCUT2D eigenvalue weighted by atomic mass is 16.5. The van der Waals surface area contributed by atoms with Crippen LogP contribution in [0.25, 0.3) is 0 Å². The second-order valence-corrected chi connectivity index (χ2v) is 8.06. The quantitative estimate of drug-likeness (QED) is 0.719. The second-order valence-electron chi connectivity index (χ2n) is 8.06. The van der Waals surface area contributed by atoms with E-state index in [4.69, 9.17) is 4.74 Å².